The third-order valence-corrected chi connectivity index (χ3v) is 2.84. The number of benzene rings is 1. The Balaban J connectivity index is 2.77. The molecule has 20 heavy (non-hydrogen) atoms. The molecule has 0 saturated heterocycles. The van der Waals surface area contributed by atoms with Crippen LogP contribution in [0, 0.1) is 11.8 Å². The fourth-order valence-corrected chi connectivity index (χ4v) is 1.75. The maximum atomic E-state index is 12.1. The first-order valence-corrected chi connectivity index (χ1v) is 6.36. The number of ether oxygens (including phenoxy) is 1. The number of amides is 2. The highest BCUT2D eigenvalue weighted by Crippen LogP contribution is 2.18. The van der Waals surface area contributed by atoms with E-state index in [-0.39, 0.29) is 17.7 Å². The van der Waals surface area contributed by atoms with Gasteiger partial charge in [0.1, 0.15) is 0 Å². The van der Waals surface area contributed by atoms with Crippen molar-refractivity contribution in [2.45, 2.75) is 13.8 Å². The zero-order chi connectivity index (χ0) is 15.1. The highest BCUT2D eigenvalue weighted by Gasteiger charge is 2.18. The van der Waals surface area contributed by atoms with Crippen molar-refractivity contribution < 1.29 is 14.3 Å². The molecule has 0 spiro atoms. The molecular weight excluding hydrogens is 256 g/mol. The summed E-state index contributed by atoms with van der Waals surface area (Å²) in [5.41, 5.74) is 1.16. The van der Waals surface area contributed by atoms with Crippen LogP contribution < -0.4 is 10.6 Å². The minimum absolute atomic E-state index is 0.120. The second-order valence-corrected chi connectivity index (χ2v) is 4.69. The van der Waals surface area contributed by atoms with E-state index in [9.17, 15) is 9.59 Å². The highest BCUT2D eigenvalue weighted by molar-refractivity contribution is 5.94. The molecule has 5 heteroatoms. The van der Waals surface area contributed by atoms with E-state index in [2.05, 4.69) is 21.9 Å². The van der Waals surface area contributed by atoms with Crippen molar-refractivity contribution in [1.29, 1.82) is 0 Å². The maximum Gasteiger partial charge on any atom is 0.411 e. The number of hydrogen-bond acceptors (Lipinski definition) is 3. The van der Waals surface area contributed by atoms with Gasteiger partial charge in [0.05, 0.1) is 13.0 Å². The molecule has 0 radical (unpaired) electrons. The van der Waals surface area contributed by atoms with Crippen molar-refractivity contribution in [1.82, 2.24) is 0 Å². The molecule has 5 nitrogen and oxygen atoms in total. The predicted octanol–water partition coefficient (Wildman–Crippen LogP) is 3.26. The summed E-state index contributed by atoms with van der Waals surface area (Å²) in [6, 6.07) is 6.86. The van der Waals surface area contributed by atoms with Crippen molar-refractivity contribution in [2.75, 3.05) is 17.7 Å². The monoisotopic (exact) mass is 276 g/mol. The SMILES string of the molecule is C=CC(C(=O)Nc1cccc(NC(=O)OC)c1)C(C)C. The Morgan fingerprint density at radius 3 is 2.35 bits per heavy atom. The molecule has 2 amide bonds. The zero-order valence-corrected chi connectivity index (χ0v) is 12.0. The van der Waals surface area contributed by atoms with Crippen LogP contribution in [0.1, 0.15) is 13.8 Å². The first-order chi connectivity index (χ1) is 9.47. The number of rotatable bonds is 5. The summed E-state index contributed by atoms with van der Waals surface area (Å²) in [7, 11) is 1.29. The van der Waals surface area contributed by atoms with Crippen LogP contribution in [0.2, 0.25) is 0 Å². The molecule has 0 saturated carbocycles. The number of carbonyl (C=O) groups excluding carboxylic acids is 2. The first-order valence-electron chi connectivity index (χ1n) is 6.36. The van der Waals surface area contributed by atoms with Crippen LogP contribution in [0.3, 0.4) is 0 Å². The van der Waals surface area contributed by atoms with E-state index < -0.39 is 6.09 Å². The van der Waals surface area contributed by atoms with E-state index >= 15 is 0 Å². The molecule has 0 fully saturated rings. The Hall–Kier alpha value is -2.30. The maximum absolute atomic E-state index is 12.1. The Kier molecular flexibility index (Phi) is 5.77. The first kappa shape index (κ1) is 15.8. The quantitative estimate of drug-likeness (QED) is 0.811. The van der Waals surface area contributed by atoms with Crippen molar-refractivity contribution >= 4 is 23.4 Å². The summed E-state index contributed by atoms with van der Waals surface area (Å²) in [6.07, 6.45) is 1.08. The Morgan fingerprint density at radius 2 is 1.85 bits per heavy atom. The van der Waals surface area contributed by atoms with E-state index in [1.54, 1.807) is 30.3 Å². The average molecular weight is 276 g/mol. The fourth-order valence-electron chi connectivity index (χ4n) is 1.75. The third-order valence-electron chi connectivity index (χ3n) is 2.84. The minimum atomic E-state index is -0.556. The minimum Gasteiger partial charge on any atom is -0.453 e. The molecule has 0 aliphatic rings. The van der Waals surface area contributed by atoms with Crippen LogP contribution in [0.15, 0.2) is 36.9 Å². The van der Waals surface area contributed by atoms with Gasteiger partial charge >= 0.3 is 6.09 Å². The van der Waals surface area contributed by atoms with Gasteiger partial charge in [0.25, 0.3) is 0 Å². The second-order valence-electron chi connectivity index (χ2n) is 4.69. The van der Waals surface area contributed by atoms with Gasteiger partial charge in [0, 0.05) is 11.4 Å². The van der Waals surface area contributed by atoms with Crippen LogP contribution in [-0.4, -0.2) is 19.1 Å². The van der Waals surface area contributed by atoms with Crippen molar-refractivity contribution in [3.8, 4) is 0 Å². The summed E-state index contributed by atoms with van der Waals surface area (Å²) >= 11 is 0. The third kappa shape index (κ3) is 4.42. The average Bonchev–Trinajstić information content (AvgIpc) is 2.39. The van der Waals surface area contributed by atoms with Gasteiger partial charge in [0.15, 0.2) is 0 Å². The van der Waals surface area contributed by atoms with Gasteiger partial charge in [-0.05, 0) is 24.1 Å². The smallest absolute Gasteiger partial charge is 0.411 e. The van der Waals surface area contributed by atoms with E-state index in [1.807, 2.05) is 13.8 Å². The molecule has 0 aromatic heterocycles. The summed E-state index contributed by atoms with van der Waals surface area (Å²) in [6.45, 7) is 7.60. The van der Waals surface area contributed by atoms with E-state index in [1.165, 1.54) is 7.11 Å². The van der Waals surface area contributed by atoms with Gasteiger partial charge in [-0.25, -0.2) is 4.79 Å². The van der Waals surface area contributed by atoms with Crippen LogP contribution in [0.5, 0.6) is 0 Å². The molecule has 108 valence electrons. The number of methoxy groups -OCH3 is 1. The lowest BCUT2D eigenvalue weighted by Gasteiger charge is -2.16. The lowest BCUT2D eigenvalue weighted by Crippen LogP contribution is -2.25. The standard InChI is InChI=1S/C15H20N2O3/c1-5-13(10(2)3)14(18)16-11-7-6-8-12(9-11)17-15(19)20-4/h5-10,13H,1H2,2-4H3,(H,16,18)(H,17,19). The van der Waals surface area contributed by atoms with E-state index in [4.69, 9.17) is 0 Å². The van der Waals surface area contributed by atoms with Crippen molar-refractivity contribution in [3.05, 3.63) is 36.9 Å². The molecule has 1 aromatic rings. The normalized spacial score (nSPS) is 11.6. The number of hydrogen-bond donors (Lipinski definition) is 2. The van der Waals surface area contributed by atoms with Gasteiger partial charge in [-0.15, -0.1) is 6.58 Å². The Bertz CT molecular complexity index is 498. The van der Waals surface area contributed by atoms with Crippen LogP contribution in [-0.2, 0) is 9.53 Å². The lowest BCUT2D eigenvalue weighted by atomic mass is 9.95. The number of carbonyl (C=O) groups is 2. The molecule has 0 aliphatic heterocycles. The Morgan fingerprint density at radius 1 is 1.25 bits per heavy atom. The van der Waals surface area contributed by atoms with E-state index in [0.29, 0.717) is 11.4 Å². The van der Waals surface area contributed by atoms with Gasteiger partial charge in [-0.3, -0.25) is 10.1 Å². The molecule has 2 N–H and O–H groups in total. The van der Waals surface area contributed by atoms with Crippen molar-refractivity contribution in [3.63, 3.8) is 0 Å². The van der Waals surface area contributed by atoms with Gasteiger partial charge < -0.3 is 10.1 Å². The van der Waals surface area contributed by atoms with Gasteiger partial charge in [-0.2, -0.15) is 0 Å². The highest BCUT2D eigenvalue weighted by atomic mass is 16.5. The molecule has 1 unspecified atom stereocenters. The summed E-state index contributed by atoms with van der Waals surface area (Å²) < 4.78 is 4.51. The summed E-state index contributed by atoms with van der Waals surface area (Å²) in [4.78, 5) is 23.2. The van der Waals surface area contributed by atoms with Crippen molar-refractivity contribution in [2.24, 2.45) is 11.8 Å². The molecular formula is C15H20N2O3. The largest absolute Gasteiger partial charge is 0.453 e. The lowest BCUT2D eigenvalue weighted by molar-refractivity contribution is -0.119. The summed E-state index contributed by atoms with van der Waals surface area (Å²) in [5, 5.41) is 5.34. The number of anilines is 2. The van der Waals surface area contributed by atoms with Crippen LogP contribution in [0.25, 0.3) is 0 Å². The molecule has 1 atom stereocenters. The van der Waals surface area contributed by atoms with Gasteiger partial charge in [-0.1, -0.05) is 26.0 Å². The molecule has 1 rings (SSSR count). The Labute approximate surface area is 119 Å². The molecule has 0 heterocycles. The second kappa shape index (κ2) is 7.33. The zero-order valence-electron chi connectivity index (χ0n) is 12.0. The fraction of sp³-hybridized carbons (Fsp3) is 0.333. The van der Waals surface area contributed by atoms with Crippen LogP contribution >= 0.6 is 0 Å². The predicted molar refractivity (Wildman–Crippen MR) is 79.6 cm³/mol. The molecule has 1 aromatic carbocycles. The summed E-state index contributed by atoms with van der Waals surface area (Å²) in [5.74, 6) is -0.207. The molecule has 0 bridgehead atoms. The molecule has 0 aliphatic carbocycles. The van der Waals surface area contributed by atoms with Crippen LogP contribution in [0.4, 0.5) is 16.2 Å². The van der Waals surface area contributed by atoms with Gasteiger partial charge in [0.2, 0.25) is 5.91 Å². The number of nitrogens with one attached hydrogen (secondary N) is 2. The van der Waals surface area contributed by atoms with E-state index in [0.717, 1.165) is 0 Å². The topological polar surface area (TPSA) is 67.4 Å².